The van der Waals surface area contributed by atoms with Gasteiger partial charge >= 0.3 is 0 Å². The van der Waals surface area contributed by atoms with Gasteiger partial charge in [-0.1, -0.05) is 6.07 Å². The fraction of sp³-hybridized carbons (Fsp3) is 0.444. The van der Waals surface area contributed by atoms with E-state index in [1.807, 2.05) is 39.8 Å². The molecular weight excluding hydrogens is 290 g/mol. The molecule has 23 heavy (non-hydrogen) atoms. The molecule has 0 aliphatic carbocycles. The summed E-state index contributed by atoms with van der Waals surface area (Å²) in [6, 6.07) is 6.09. The van der Waals surface area contributed by atoms with Gasteiger partial charge in [0, 0.05) is 12.7 Å². The molecule has 0 saturated heterocycles. The zero-order chi connectivity index (χ0) is 16.7. The van der Waals surface area contributed by atoms with Gasteiger partial charge in [-0.15, -0.1) is 0 Å². The summed E-state index contributed by atoms with van der Waals surface area (Å²) in [5, 5.41) is 3.35. The van der Waals surface area contributed by atoms with Crippen molar-refractivity contribution in [2.24, 2.45) is 0 Å². The molecule has 1 aromatic heterocycles. The normalized spacial score (nSPS) is 10.4. The summed E-state index contributed by atoms with van der Waals surface area (Å²) in [7, 11) is 0. The zero-order valence-electron chi connectivity index (χ0n) is 14.3. The Balaban J connectivity index is 2.00. The minimum absolute atomic E-state index is 0.625. The van der Waals surface area contributed by atoms with Crippen molar-refractivity contribution >= 4 is 5.82 Å². The predicted octanol–water partition coefficient (Wildman–Crippen LogP) is 3.55. The van der Waals surface area contributed by atoms with Crippen LogP contribution in [0.1, 0.15) is 30.8 Å². The van der Waals surface area contributed by atoms with Crippen molar-refractivity contribution in [3.63, 3.8) is 0 Å². The Morgan fingerprint density at radius 3 is 2.52 bits per heavy atom. The highest BCUT2D eigenvalue weighted by molar-refractivity contribution is 5.44. The number of aryl methyl sites for hydroxylation is 2. The van der Waals surface area contributed by atoms with E-state index in [2.05, 4.69) is 21.4 Å². The molecule has 5 heteroatoms. The van der Waals surface area contributed by atoms with Crippen LogP contribution < -0.4 is 14.8 Å². The fourth-order valence-electron chi connectivity index (χ4n) is 2.28. The lowest BCUT2D eigenvalue weighted by Gasteiger charge is -2.13. The summed E-state index contributed by atoms with van der Waals surface area (Å²) in [5.74, 6) is 2.45. The molecule has 1 heterocycles. The van der Waals surface area contributed by atoms with Crippen molar-refractivity contribution in [1.29, 1.82) is 0 Å². The Labute approximate surface area is 138 Å². The molecule has 1 N–H and O–H groups in total. The molecule has 124 valence electrons. The third-order valence-electron chi connectivity index (χ3n) is 3.39. The molecule has 0 amide bonds. The van der Waals surface area contributed by atoms with E-state index in [1.165, 1.54) is 5.56 Å². The van der Waals surface area contributed by atoms with Gasteiger partial charge in [-0.2, -0.15) is 0 Å². The van der Waals surface area contributed by atoms with Gasteiger partial charge in [-0.25, -0.2) is 4.98 Å². The molecular formula is C18H25N3O2. The van der Waals surface area contributed by atoms with Crippen LogP contribution in [0.4, 0.5) is 5.82 Å². The number of nitrogens with zero attached hydrogens (tertiary/aromatic N) is 2. The summed E-state index contributed by atoms with van der Waals surface area (Å²) in [5.41, 5.74) is 3.03. The molecule has 0 spiro atoms. The summed E-state index contributed by atoms with van der Waals surface area (Å²) in [4.78, 5) is 8.78. The van der Waals surface area contributed by atoms with Gasteiger partial charge in [-0.05, 0) is 51.8 Å². The lowest BCUT2D eigenvalue weighted by atomic mass is 10.1. The van der Waals surface area contributed by atoms with Gasteiger partial charge in [0.2, 0.25) is 0 Å². The van der Waals surface area contributed by atoms with Crippen molar-refractivity contribution in [3.05, 3.63) is 41.3 Å². The second-order valence-electron chi connectivity index (χ2n) is 5.27. The highest BCUT2D eigenvalue weighted by Gasteiger charge is 2.07. The molecule has 5 nitrogen and oxygen atoms in total. The van der Waals surface area contributed by atoms with Crippen molar-refractivity contribution in [2.45, 2.75) is 34.1 Å². The Kier molecular flexibility index (Phi) is 6.20. The molecule has 2 aromatic rings. The number of aromatic nitrogens is 2. The number of benzene rings is 1. The average Bonchev–Trinajstić information content (AvgIpc) is 2.53. The molecule has 1 aromatic carbocycles. The number of hydrogen-bond acceptors (Lipinski definition) is 5. The Morgan fingerprint density at radius 1 is 1.04 bits per heavy atom. The van der Waals surface area contributed by atoms with Crippen LogP contribution in [0, 0.1) is 13.8 Å². The van der Waals surface area contributed by atoms with Crippen LogP contribution in [0.3, 0.4) is 0 Å². The predicted molar refractivity (Wildman–Crippen MR) is 92.5 cm³/mol. The monoisotopic (exact) mass is 315 g/mol. The second kappa shape index (κ2) is 8.36. The molecule has 0 atom stereocenters. The van der Waals surface area contributed by atoms with Crippen molar-refractivity contribution in [3.8, 4) is 11.5 Å². The maximum atomic E-state index is 5.66. The number of nitrogens with one attached hydrogen (secondary N) is 1. The van der Waals surface area contributed by atoms with Crippen LogP contribution in [0.25, 0.3) is 0 Å². The topological polar surface area (TPSA) is 56.3 Å². The Morgan fingerprint density at radius 2 is 1.78 bits per heavy atom. The van der Waals surface area contributed by atoms with Crippen LogP contribution in [0.15, 0.2) is 24.4 Å². The smallest absolute Gasteiger partial charge is 0.161 e. The maximum absolute atomic E-state index is 5.66. The number of ether oxygens (including phenoxy) is 2. The number of hydrogen-bond donors (Lipinski definition) is 1. The summed E-state index contributed by atoms with van der Waals surface area (Å²) < 4.78 is 11.3. The molecule has 0 unspecified atom stereocenters. The molecule has 0 aliphatic heterocycles. The van der Waals surface area contributed by atoms with E-state index >= 15 is 0 Å². The Bertz CT molecular complexity index is 644. The van der Waals surface area contributed by atoms with E-state index in [1.54, 1.807) is 6.20 Å². The van der Waals surface area contributed by atoms with Gasteiger partial charge in [0.15, 0.2) is 11.5 Å². The third-order valence-corrected chi connectivity index (χ3v) is 3.39. The first-order valence-electron chi connectivity index (χ1n) is 8.06. The highest BCUT2D eigenvalue weighted by Crippen LogP contribution is 2.28. The first-order valence-corrected chi connectivity index (χ1v) is 8.06. The van der Waals surface area contributed by atoms with Crippen LogP contribution in [0.5, 0.6) is 11.5 Å². The second-order valence-corrected chi connectivity index (χ2v) is 5.27. The highest BCUT2D eigenvalue weighted by atomic mass is 16.5. The zero-order valence-corrected chi connectivity index (χ0v) is 14.3. The first kappa shape index (κ1) is 17.1. The minimum atomic E-state index is 0.625. The van der Waals surface area contributed by atoms with Crippen molar-refractivity contribution in [2.75, 3.05) is 25.1 Å². The first-order chi connectivity index (χ1) is 11.1. The van der Waals surface area contributed by atoms with Crippen LogP contribution in [0.2, 0.25) is 0 Å². The van der Waals surface area contributed by atoms with E-state index in [0.717, 1.165) is 41.7 Å². The third kappa shape index (κ3) is 4.84. The maximum Gasteiger partial charge on any atom is 0.161 e. The van der Waals surface area contributed by atoms with E-state index in [0.29, 0.717) is 13.2 Å². The average molecular weight is 315 g/mol. The summed E-state index contributed by atoms with van der Waals surface area (Å²) >= 11 is 0. The molecule has 0 fully saturated rings. The minimum Gasteiger partial charge on any atom is -0.490 e. The quantitative estimate of drug-likeness (QED) is 0.807. The summed E-state index contributed by atoms with van der Waals surface area (Å²) in [6.07, 6.45) is 2.66. The van der Waals surface area contributed by atoms with Gasteiger partial charge in [0.05, 0.1) is 24.6 Å². The van der Waals surface area contributed by atoms with Gasteiger partial charge in [0.1, 0.15) is 5.82 Å². The van der Waals surface area contributed by atoms with Crippen molar-refractivity contribution < 1.29 is 9.47 Å². The van der Waals surface area contributed by atoms with Gasteiger partial charge in [0.25, 0.3) is 0 Å². The molecule has 2 rings (SSSR count). The van der Waals surface area contributed by atoms with Gasteiger partial charge in [-0.3, -0.25) is 4.98 Å². The molecule has 0 aliphatic rings. The fourth-order valence-corrected chi connectivity index (χ4v) is 2.28. The van der Waals surface area contributed by atoms with E-state index in [-0.39, 0.29) is 0 Å². The largest absolute Gasteiger partial charge is 0.490 e. The summed E-state index contributed by atoms with van der Waals surface area (Å²) in [6.45, 7) is 9.89. The van der Waals surface area contributed by atoms with Crippen LogP contribution >= 0.6 is 0 Å². The number of rotatable bonds is 8. The van der Waals surface area contributed by atoms with E-state index in [4.69, 9.17) is 9.47 Å². The van der Waals surface area contributed by atoms with Gasteiger partial charge < -0.3 is 14.8 Å². The van der Waals surface area contributed by atoms with E-state index in [9.17, 15) is 0 Å². The lowest BCUT2D eigenvalue weighted by molar-refractivity contribution is 0.287. The molecule has 0 saturated carbocycles. The Hall–Kier alpha value is -2.30. The molecule has 0 radical (unpaired) electrons. The standard InChI is InChI=1S/C18H25N3O2/c1-5-22-16-8-7-15(11-17(16)23-6-2)9-10-19-18-14(4)20-12-13(3)21-18/h7-8,11-12H,5-6,9-10H2,1-4H3,(H,19,21). The molecule has 0 bridgehead atoms. The lowest BCUT2D eigenvalue weighted by Crippen LogP contribution is -2.09. The van der Waals surface area contributed by atoms with E-state index < -0.39 is 0 Å². The number of anilines is 1. The van der Waals surface area contributed by atoms with Crippen LogP contribution in [-0.2, 0) is 6.42 Å². The SMILES string of the molecule is CCOc1ccc(CCNc2nc(C)cnc2C)cc1OCC. The van der Waals surface area contributed by atoms with Crippen molar-refractivity contribution in [1.82, 2.24) is 9.97 Å². The van der Waals surface area contributed by atoms with Crippen LogP contribution in [-0.4, -0.2) is 29.7 Å².